The minimum atomic E-state index is -0.993. The van der Waals surface area contributed by atoms with Gasteiger partial charge in [-0.1, -0.05) is 30.3 Å². The number of hydrogen-bond donors (Lipinski definition) is 1. The summed E-state index contributed by atoms with van der Waals surface area (Å²) in [6.07, 6.45) is 3.66. The number of allylic oxidation sites excluding steroid dienone is 1. The lowest BCUT2D eigenvalue weighted by Crippen LogP contribution is -2.34. The minimum Gasteiger partial charge on any atom is -0.385 e. The summed E-state index contributed by atoms with van der Waals surface area (Å²) in [5.41, 5.74) is 0.0900. The molecule has 2 heteroatoms. The van der Waals surface area contributed by atoms with Crippen LogP contribution in [0.5, 0.6) is 0 Å². The first-order valence-electron chi connectivity index (χ1n) is 5.09. The van der Waals surface area contributed by atoms with E-state index in [-0.39, 0.29) is 11.7 Å². The van der Waals surface area contributed by atoms with Crippen molar-refractivity contribution < 1.29 is 9.90 Å². The van der Waals surface area contributed by atoms with E-state index in [0.29, 0.717) is 6.42 Å². The van der Waals surface area contributed by atoms with Crippen molar-refractivity contribution in [2.75, 3.05) is 0 Å². The van der Waals surface area contributed by atoms with Gasteiger partial charge in [0.15, 0.2) is 5.78 Å². The summed E-state index contributed by atoms with van der Waals surface area (Å²) in [4.78, 5) is 11.5. The molecule has 0 amide bonds. The number of aliphatic hydroxyl groups is 1. The van der Waals surface area contributed by atoms with E-state index in [0.717, 1.165) is 5.56 Å². The lowest BCUT2D eigenvalue weighted by molar-refractivity contribution is -0.121. The topological polar surface area (TPSA) is 37.3 Å². The van der Waals surface area contributed by atoms with Crippen LogP contribution < -0.4 is 0 Å². The lowest BCUT2D eigenvalue weighted by atomic mass is 9.86. The van der Waals surface area contributed by atoms with Crippen LogP contribution in [0.4, 0.5) is 0 Å². The lowest BCUT2D eigenvalue weighted by Gasteiger charge is -2.23. The Kier molecular flexibility index (Phi) is 2.45. The fraction of sp³-hybridized carbons (Fsp3) is 0.308. The monoisotopic (exact) mass is 202 g/mol. The number of carbonyl (C=O) groups is 1. The van der Waals surface area contributed by atoms with E-state index in [4.69, 9.17) is 0 Å². The zero-order valence-electron chi connectivity index (χ0n) is 8.68. The highest BCUT2D eigenvalue weighted by molar-refractivity contribution is 5.96. The molecule has 0 radical (unpaired) electrons. The van der Waals surface area contributed by atoms with Crippen LogP contribution in [0.1, 0.15) is 12.5 Å². The van der Waals surface area contributed by atoms with E-state index in [1.54, 1.807) is 13.0 Å². The number of rotatable bonds is 2. The van der Waals surface area contributed by atoms with Crippen LogP contribution in [0, 0.1) is 5.92 Å². The number of ketones is 1. The first kappa shape index (κ1) is 10.1. The molecule has 0 saturated carbocycles. The van der Waals surface area contributed by atoms with Crippen LogP contribution in [0.2, 0.25) is 0 Å². The molecule has 1 aliphatic rings. The van der Waals surface area contributed by atoms with Gasteiger partial charge in [0.05, 0.1) is 11.5 Å². The van der Waals surface area contributed by atoms with E-state index < -0.39 is 5.60 Å². The van der Waals surface area contributed by atoms with Crippen LogP contribution in [0.25, 0.3) is 0 Å². The average Bonchev–Trinajstić information content (AvgIpc) is 2.47. The van der Waals surface area contributed by atoms with Crippen LogP contribution >= 0.6 is 0 Å². The van der Waals surface area contributed by atoms with Crippen LogP contribution in [0.15, 0.2) is 42.5 Å². The summed E-state index contributed by atoms with van der Waals surface area (Å²) >= 11 is 0. The summed E-state index contributed by atoms with van der Waals surface area (Å²) in [5.74, 6) is -0.316. The predicted octanol–water partition coefficient (Wildman–Crippen LogP) is 1.74. The van der Waals surface area contributed by atoms with Gasteiger partial charge in [-0.05, 0) is 31.1 Å². The quantitative estimate of drug-likeness (QED) is 0.793. The SMILES string of the molecule is CC1(O)C=CC(=O)C1Cc1ccccc1. The highest BCUT2D eigenvalue weighted by Gasteiger charge is 2.38. The molecule has 2 atom stereocenters. The van der Waals surface area contributed by atoms with Gasteiger partial charge >= 0.3 is 0 Å². The van der Waals surface area contributed by atoms with Crippen molar-refractivity contribution in [1.82, 2.24) is 0 Å². The number of carbonyl (C=O) groups excluding carboxylic acids is 1. The van der Waals surface area contributed by atoms with Gasteiger partial charge in [0.2, 0.25) is 0 Å². The average molecular weight is 202 g/mol. The van der Waals surface area contributed by atoms with E-state index in [2.05, 4.69) is 0 Å². The Labute approximate surface area is 89.2 Å². The normalized spacial score (nSPS) is 29.7. The second kappa shape index (κ2) is 3.63. The summed E-state index contributed by atoms with van der Waals surface area (Å²) in [6.45, 7) is 1.68. The van der Waals surface area contributed by atoms with Gasteiger partial charge in [-0.3, -0.25) is 4.79 Å². The van der Waals surface area contributed by atoms with Gasteiger partial charge in [0.25, 0.3) is 0 Å². The van der Waals surface area contributed by atoms with E-state index in [9.17, 15) is 9.90 Å². The van der Waals surface area contributed by atoms with E-state index in [1.165, 1.54) is 6.08 Å². The molecule has 0 heterocycles. The smallest absolute Gasteiger partial charge is 0.162 e. The van der Waals surface area contributed by atoms with E-state index in [1.807, 2.05) is 30.3 Å². The molecule has 1 aromatic carbocycles. The summed E-state index contributed by atoms with van der Waals surface area (Å²) in [5, 5.41) is 9.98. The standard InChI is InChI=1S/C13H14O2/c1-13(15)8-7-12(14)11(13)9-10-5-3-2-4-6-10/h2-8,11,15H,9H2,1H3. The Morgan fingerprint density at radius 2 is 2.00 bits per heavy atom. The van der Waals surface area contributed by atoms with Crippen molar-refractivity contribution in [2.24, 2.45) is 5.92 Å². The maximum absolute atomic E-state index is 11.5. The molecule has 2 unspecified atom stereocenters. The molecule has 0 fully saturated rings. The van der Waals surface area contributed by atoms with Crippen molar-refractivity contribution in [1.29, 1.82) is 0 Å². The molecular weight excluding hydrogens is 188 g/mol. The largest absolute Gasteiger partial charge is 0.385 e. The number of benzene rings is 1. The third kappa shape index (κ3) is 2.00. The van der Waals surface area contributed by atoms with E-state index >= 15 is 0 Å². The first-order chi connectivity index (χ1) is 7.09. The highest BCUT2D eigenvalue weighted by atomic mass is 16.3. The maximum atomic E-state index is 11.5. The van der Waals surface area contributed by atoms with Gasteiger partial charge < -0.3 is 5.11 Å². The molecule has 2 nitrogen and oxygen atoms in total. The molecule has 1 N–H and O–H groups in total. The van der Waals surface area contributed by atoms with Gasteiger partial charge in [-0.25, -0.2) is 0 Å². The highest BCUT2D eigenvalue weighted by Crippen LogP contribution is 2.29. The molecule has 1 aliphatic carbocycles. The Morgan fingerprint density at radius 1 is 1.33 bits per heavy atom. The van der Waals surface area contributed by atoms with Gasteiger partial charge in [-0.2, -0.15) is 0 Å². The van der Waals surface area contributed by atoms with Crippen LogP contribution in [-0.2, 0) is 11.2 Å². The Morgan fingerprint density at radius 3 is 2.53 bits per heavy atom. The fourth-order valence-corrected chi connectivity index (χ4v) is 1.93. The van der Waals surface area contributed by atoms with Gasteiger partial charge in [-0.15, -0.1) is 0 Å². The molecular formula is C13H14O2. The third-order valence-corrected chi connectivity index (χ3v) is 2.92. The minimum absolute atomic E-state index is 0.0175. The van der Waals surface area contributed by atoms with Gasteiger partial charge in [0.1, 0.15) is 0 Å². The predicted molar refractivity (Wildman–Crippen MR) is 58.4 cm³/mol. The summed E-state index contributed by atoms with van der Waals surface area (Å²) in [7, 11) is 0. The second-order valence-electron chi connectivity index (χ2n) is 4.20. The number of hydrogen-bond acceptors (Lipinski definition) is 2. The Bertz CT molecular complexity index is 390. The summed E-state index contributed by atoms with van der Waals surface area (Å²) < 4.78 is 0. The van der Waals surface area contributed by atoms with Crippen molar-refractivity contribution >= 4 is 5.78 Å². The molecule has 15 heavy (non-hydrogen) atoms. The van der Waals surface area contributed by atoms with Crippen molar-refractivity contribution in [3.63, 3.8) is 0 Å². The Hall–Kier alpha value is -1.41. The third-order valence-electron chi connectivity index (χ3n) is 2.92. The van der Waals surface area contributed by atoms with Crippen LogP contribution in [-0.4, -0.2) is 16.5 Å². The molecule has 78 valence electrons. The summed E-state index contributed by atoms with van der Waals surface area (Å²) in [6, 6.07) is 9.77. The maximum Gasteiger partial charge on any atom is 0.162 e. The molecule has 0 aliphatic heterocycles. The van der Waals surface area contributed by atoms with Crippen molar-refractivity contribution in [3.8, 4) is 0 Å². The van der Waals surface area contributed by atoms with Crippen molar-refractivity contribution in [3.05, 3.63) is 48.0 Å². The molecule has 0 bridgehead atoms. The molecule has 2 rings (SSSR count). The molecule has 0 saturated heterocycles. The molecule has 0 aromatic heterocycles. The van der Waals surface area contributed by atoms with Gasteiger partial charge in [0, 0.05) is 0 Å². The zero-order chi connectivity index (χ0) is 10.9. The Balaban J connectivity index is 2.17. The van der Waals surface area contributed by atoms with Crippen molar-refractivity contribution in [2.45, 2.75) is 18.9 Å². The zero-order valence-corrected chi connectivity index (χ0v) is 8.68. The fourth-order valence-electron chi connectivity index (χ4n) is 1.93. The first-order valence-corrected chi connectivity index (χ1v) is 5.09. The van der Waals surface area contributed by atoms with Crippen LogP contribution in [0.3, 0.4) is 0 Å². The molecule has 1 aromatic rings. The second-order valence-corrected chi connectivity index (χ2v) is 4.20. The molecule has 0 spiro atoms.